The van der Waals surface area contributed by atoms with Gasteiger partial charge in [0.25, 0.3) is 5.56 Å². The Bertz CT molecular complexity index is 1440. The molecule has 2 aromatic heterocycles. The lowest BCUT2D eigenvalue weighted by Crippen LogP contribution is -2.20. The largest absolute Gasteiger partial charge is 0.493 e. The van der Waals surface area contributed by atoms with E-state index >= 15 is 0 Å². The molecule has 0 atom stereocenters. The minimum atomic E-state index is -3.02. The third kappa shape index (κ3) is 3.81. The number of methoxy groups -OCH3 is 2. The summed E-state index contributed by atoms with van der Waals surface area (Å²) in [5, 5.41) is 2.59. The molecule has 2 aromatic carbocycles. The molecule has 0 spiro atoms. The predicted molar refractivity (Wildman–Crippen MR) is 128 cm³/mol. The average molecular weight is 483 g/mol. The van der Waals surface area contributed by atoms with Crippen LogP contribution in [0.2, 0.25) is 0 Å². The Morgan fingerprint density at radius 1 is 1.12 bits per heavy atom. The van der Waals surface area contributed by atoms with E-state index < -0.39 is 6.61 Å². The number of halogens is 2. The highest BCUT2D eigenvalue weighted by Gasteiger charge is 2.24. The van der Waals surface area contributed by atoms with Crippen molar-refractivity contribution in [2.45, 2.75) is 19.6 Å². The van der Waals surface area contributed by atoms with Gasteiger partial charge in [-0.2, -0.15) is 8.78 Å². The number of nitrogens with zero attached hydrogens (tertiary/aromatic N) is 2. The lowest BCUT2D eigenvalue weighted by atomic mass is 10.1. The van der Waals surface area contributed by atoms with Gasteiger partial charge in [-0.05, 0) is 41.3 Å². The van der Waals surface area contributed by atoms with Gasteiger partial charge in [-0.1, -0.05) is 30.3 Å². The second kappa shape index (κ2) is 8.90. The van der Waals surface area contributed by atoms with Gasteiger partial charge >= 0.3 is 6.61 Å². The second-order valence-electron chi connectivity index (χ2n) is 7.64. The lowest BCUT2D eigenvalue weighted by molar-refractivity contribution is -0.0526. The number of fused-ring (bicyclic) bond motifs is 2. The van der Waals surface area contributed by atoms with Crippen LogP contribution in [0.5, 0.6) is 17.2 Å². The van der Waals surface area contributed by atoms with E-state index in [0.29, 0.717) is 34.6 Å². The van der Waals surface area contributed by atoms with Crippen molar-refractivity contribution in [1.82, 2.24) is 9.55 Å². The van der Waals surface area contributed by atoms with Gasteiger partial charge in [0.1, 0.15) is 10.7 Å². The highest BCUT2D eigenvalue weighted by atomic mass is 32.1. The Morgan fingerprint density at radius 3 is 2.47 bits per heavy atom. The number of alkyl halides is 2. The molecule has 1 aliphatic rings. The molecule has 174 valence electrons. The fraction of sp³-hybridized carbons (Fsp3) is 0.200. The van der Waals surface area contributed by atoms with Crippen molar-refractivity contribution < 1.29 is 23.0 Å². The fourth-order valence-corrected chi connectivity index (χ4v) is 5.12. The molecule has 4 aromatic rings. The van der Waals surface area contributed by atoms with Crippen LogP contribution in [0.4, 0.5) is 8.78 Å². The molecule has 34 heavy (non-hydrogen) atoms. The summed E-state index contributed by atoms with van der Waals surface area (Å²) >= 11 is 1.44. The van der Waals surface area contributed by atoms with Gasteiger partial charge in [-0.15, -0.1) is 11.3 Å². The minimum Gasteiger partial charge on any atom is -0.493 e. The predicted octanol–water partition coefficient (Wildman–Crippen LogP) is 5.69. The molecule has 0 radical (unpaired) electrons. The molecule has 0 aliphatic carbocycles. The second-order valence-corrected chi connectivity index (χ2v) is 8.50. The van der Waals surface area contributed by atoms with Gasteiger partial charge in [-0.3, -0.25) is 9.36 Å². The quantitative estimate of drug-likeness (QED) is 0.353. The van der Waals surface area contributed by atoms with Gasteiger partial charge in [0.2, 0.25) is 5.75 Å². The van der Waals surface area contributed by atoms with Crippen LogP contribution < -0.4 is 19.8 Å². The van der Waals surface area contributed by atoms with Crippen molar-refractivity contribution >= 4 is 33.2 Å². The zero-order valence-electron chi connectivity index (χ0n) is 18.4. The maximum atomic E-state index is 13.4. The number of allylic oxidation sites excluding steroid dienone is 1. The van der Waals surface area contributed by atoms with Crippen LogP contribution >= 0.6 is 11.3 Å². The van der Waals surface area contributed by atoms with Crippen molar-refractivity contribution in [2.24, 2.45) is 0 Å². The highest BCUT2D eigenvalue weighted by Crippen LogP contribution is 2.41. The summed E-state index contributed by atoms with van der Waals surface area (Å²) in [7, 11) is 2.74. The van der Waals surface area contributed by atoms with E-state index in [1.165, 1.54) is 25.6 Å². The third-order valence-corrected chi connectivity index (χ3v) is 6.57. The van der Waals surface area contributed by atoms with E-state index in [2.05, 4.69) is 4.74 Å². The van der Waals surface area contributed by atoms with Crippen molar-refractivity contribution in [3.63, 3.8) is 0 Å². The summed E-state index contributed by atoms with van der Waals surface area (Å²) in [6.07, 6.45) is 2.47. The first-order chi connectivity index (χ1) is 16.5. The SMILES string of the molecule is COc1cc(/C=C2\CCn3c2nc2scc(-c4ccccc4)c2c3=O)cc(OC)c1OC(F)F. The molecular weight excluding hydrogens is 462 g/mol. The summed E-state index contributed by atoms with van der Waals surface area (Å²) in [6, 6.07) is 13.0. The molecular formula is C25H20F2N2O4S. The molecule has 0 bridgehead atoms. The normalized spacial score (nSPS) is 14.1. The summed E-state index contributed by atoms with van der Waals surface area (Å²) in [6.45, 7) is -2.51. The molecule has 9 heteroatoms. The van der Waals surface area contributed by atoms with E-state index in [0.717, 1.165) is 16.7 Å². The van der Waals surface area contributed by atoms with Gasteiger partial charge in [-0.25, -0.2) is 4.98 Å². The van der Waals surface area contributed by atoms with Crippen LogP contribution in [-0.4, -0.2) is 30.4 Å². The van der Waals surface area contributed by atoms with Crippen molar-refractivity contribution in [3.05, 3.63) is 69.6 Å². The van der Waals surface area contributed by atoms with Gasteiger partial charge in [0, 0.05) is 17.5 Å². The Morgan fingerprint density at radius 2 is 1.82 bits per heavy atom. The van der Waals surface area contributed by atoms with Crippen LogP contribution in [0.25, 0.3) is 33.0 Å². The molecule has 0 amide bonds. The van der Waals surface area contributed by atoms with Crippen LogP contribution in [0.1, 0.15) is 17.8 Å². The molecule has 6 nitrogen and oxygen atoms in total. The van der Waals surface area contributed by atoms with E-state index in [1.54, 1.807) is 16.7 Å². The zero-order chi connectivity index (χ0) is 23.8. The number of hydrogen-bond acceptors (Lipinski definition) is 6. The van der Waals surface area contributed by atoms with E-state index in [9.17, 15) is 13.6 Å². The summed E-state index contributed by atoms with van der Waals surface area (Å²) in [4.78, 5) is 18.9. The third-order valence-electron chi connectivity index (χ3n) is 5.70. The molecule has 5 rings (SSSR count). The fourth-order valence-electron chi connectivity index (χ4n) is 4.18. The first-order valence-electron chi connectivity index (χ1n) is 10.5. The monoisotopic (exact) mass is 482 g/mol. The number of hydrogen-bond donors (Lipinski definition) is 0. The number of benzene rings is 2. The Labute approximate surface area is 197 Å². The number of thiophene rings is 1. The van der Waals surface area contributed by atoms with Gasteiger partial charge < -0.3 is 14.2 Å². The minimum absolute atomic E-state index is 0.0701. The summed E-state index contributed by atoms with van der Waals surface area (Å²) < 4.78 is 42.4. The Hall–Kier alpha value is -3.72. The molecule has 0 fully saturated rings. The number of aromatic nitrogens is 2. The van der Waals surface area contributed by atoms with Crippen molar-refractivity contribution in [2.75, 3.05) is 14.2 Å². The first-order valence-corrected chi connectivity index (χ1v) is 11.4. The number of rotatable bonds is 6. The van der Waals surface area contributed by atoms with Gasteiger partial charge in [0.15, 0.2) is 11.5 Å². The van der Waals surface area contributed by atoms with E-state index in [-0.39, 0.29) is 22.8 Å². The highest BCUT2D eigenvalue weighted by molar-refractivity contribution is 7.17. The van der Waals surface area contributed by atoms with Crippen LogP contribution in [0.3, 0.4) is 0 Å². The maximum Gasteiger partial charge on any atom is 0.387 e. The smallest absolute Gasteiger partial charge is 0.387 e. The van der Waals surface area contributed by atoms with Crippen molar-refractivity contribution in [3.8, 4) is 28.4 Å². The maximum absolute atomic E-state index is 13.4. The molecule has 0 saturated heterocycles. The average Bonchev–Trinajstić information content (AvgIpc) is 3.45. The van der Waals surface area contributed by atoms with Gasteiger partial charge in [0.05, 0.1) is 19.6 Å². The Kier molecular flexibility index (Phi) is 5.79. The Balaban J connectivity index is 1.60. The first kappa shape index (κ1) is 22.1. The molecule has 0 unspecified atom stereocenters. The summed E-state index contributed by atoms with van der Waals surface area (Å²) in [5.74, 6) is 0.675. The van der Waals surface area contributed by atoms with Crippen LogP contribution in [0, 0.1) is 0 Å². The zero-order valence-corrected chi connectivity index (χ0v) is 19.2. The molecule has 0 saturated carbocycles. The molecule has 0 N–H and O–H groups in total. The molecule has 3 heterocycles. The van der Waals surface area contributed by atoms with E-state index in [1.807, 2.05) is 41.8 Å². The summed E-state index contributed by atoms with van der Waals surface area (Å²) in [5.41, 5.74) is 3.31. The standard InChI is InChI=1S/C25H20F2N2O4S/c1-31-18-11-14(12-19(32-2)21(18)33-25(26)27)10-16-8-9-29-22(16)28-23-20(24(29)30)17(13-34-23)15-6-4-3-5-7-15/h3-7,10-13,25H,8-9H2,1-2H3/b16-10+. The molecule has 1 aliphatic heterocycles. The van der Waals surface area contributed by atoms with E-state index in [4.69, 9.17) is 14.5 Å². The topological polar surface area (TPSA) is 62.6 Å². The van der Waals surface area contributed by atoms with Crippen molar-refractivity contribution in [1.29, 1.82) is 0 Å². The van der Waals surface area contributed by atoms with Crippen LogP contribution in [0.15, 0.2) is 52.6 Å². The number of ether oxygens (including phenoxy) is 3. The lowest BCUT2D eigenvalue weighted by Gasteiger charge is -2.14. The van der Waals surface area contributed by atoms with Crippen LogP contribution in [-0.2, 0) is 6.54 Å².